The first kappa shape index (κ1) is 12.7. The van der Waals surface area contributed by atoms with Gasteiger partial charge in [0.05, 0.1) is 6.54 Å². The van der Waals surface area contributed by atoms with E-state index in [2.05, 4.69) is 11.3 Å². The summed E-state index contributed by atoms with van der Waals surface area (Å²) in [7, 11) is 0. The number of nitrogens with zero attached hydrogens (tertiary/aromatic N) is 1. The van der Waals surface area contributed by atoms with Crippen molar-refractivity contribution in [2.75, 3.05) is 6.54 Å². The zero-order valence-electron chi connectivity index (χ0n) is 12.1. The summed E-state index contributed by atoms with van der Waals surface area (Å²) in [5.74, 6) is 6.20. The maximum atomic E-state index is 12.6. The van der Waals surface area contributed by atoms with E-state index in [9.17, 15) is 4.79 Å². The highest BCUT2D eigenvalue weighted by Gasteiger charge is 2.58. The number of nitrogens with one attached hydrogen (secondary N) is 1. The summed E-state index contributed by atoms with van der Waals surface area (Å²) in [6, 6.07) is 0.515. The van der Waals surface area contributed by atoms with Crippen molar-refractivity contribution in [2.24, 2.45) is 29.6 Å². The zero-order valence-corrected chi connectivity index (χ0v) is 12.1. The van der Waals surface area contributed by atoms with Crippen molar-refractivity contribution >= 4 is 5.91 Å². The van der Waals surface area contributed by atoms with E-state index in [4.69, 9.17) is 6.42 Å². The summed E-state index contributed by atoms with van der Waals surface area (Å²) in [5.41, 5.74) is 3.54. The summed E-state index contributed by atoms with van der Waals surface area (Å²) in [5, 5.41) is 1.76. The number of fused-ring (bicyclic) bond motifs is 3. The Morgan fingerprint density at radius 2 is 1.85 bits per heavy atom. The Morgan fingerprint density at radius 3 is 2.65 bits per heavy atom. The number of carbonyl (C=O) groups is 1. The van der Waals surface area contributed by atoms with E-state index in [1.54, 1.807) is 5.01 Å². The van der Waals surface area contributed by atoms with Gasteiger partial charge in [0, 0.05) is 12.0 Å². The van der Waals surface area contributed by atoms with Crippen molar-refractivity contribution in [2.45, 2.75) is 51.0 Å². The molecule has 0 aromatic carbocycles. The molecule has 3 nitrogen and oxygen atoms in total. The van der Waals surface area contributed by atoms with E-state index in [-0.39, 0.29) is 11.8 Å². The molecule has 1 N–H and O–H groups in total. The summed E-state index contributed by atoms with van der Waals surface area (Å²) in [4.78, 5) is 12.6. The normalized spacial score (nSPS) is 46.5. The van der Waals surface area contributed by atoms with Gasteiger partial charge in [0.25, 0.3) is 0 Å². The molecule has 4 fully saturated rings. The van der Waals surface area contributed by atoms with Crippen LogP contribution in [0.15, 0.2) is 0 Å². The minimum absolute atomic E-state index is 0.249. The lowest BCUT2D eigenvalue weighted by molar-refractivity contribution is -0.150. The molecule has 0 bridgehead atoms. The van der Waals surface area contributed by atoms with Gasteiger partial charge in [-0.3, -0.25) is 9.80 Å². The molecule has 20 heavy (non-hydrogen) atoms. The van der Waals surface area contributed by atoms with Gasteiger partial charge >= 0.3 is 0 Å². The van der Waals surface area contributed by atoms with Gasteiger partial charge in [-0.15, -0.1) is 6.42 Å². The van der Waals surface area contributed by atoms with Crippen molar-refractivity contribution in [3.63, 3.8) is 0 Å². The van der Waals surface area contributed by atoms with E-state index >= 15 is 0 Å². The monoisotopic (exact) mass is 272 g/mol. The Hall–Kier alpha value is -1.01. The fraction of sp³-hybridized carbons (Fsp3) is 0.824. The molecule has 1 heterocycles. The van der Waals surface area contributed by atoms with Crippen LogP contribution in [0.1, 0.15) is 44.9 Å². The van der Waals surface area contributed by atoms with Crippen molar-refractivity contribution in [3.8, 4) is 12.3 Å². The lowest BCUT2D eigenvalue weighted by Gasteiger charge is -2.45. The molecule has 6 atom stereocenters. The van der Waals surface area contributed by atoms with Crippen molar-refractivity contribution in [1.82, 2.24) is 10.4 Å². The maximum Gasteiger partial charge on any atom is 0.241 e. The van der Waals surface area contributed by atoms with Crippen LogP contribution in [0.4, 0.5) is 0 Å². The topological polar surface area (TPSA) is 32.3 Å². The van der Waals surface area contributed by atoms with Crippen LogP contribution in [-0.2, 0) is 4.79 Å². The Balaban J connectivity index is 1.67. The van der Waals surface area contributed by atoms with E-state index in [0.29, 0.717) is 18.5 Å². The second-order valence-electron chi connectivity index (χ2n) is 7.17. The summed E-state index contributed by atoms with van der Waals surface area (Å²) in [6.45, 7) is 0.417. The van der Waals surface area contributed by atoms with Gasteiger partial charge in [0.15, 0.2) is 0 Å². The predicted octanol–water partition coefficient (Wildman–Crippen LogP) is 2.19. The van der Waals surface area contributed by atoms with E-state index < -0.39 is 0 Å². The van der Waals surface area contributed by atoms with Gasteiger partial charge in [0.2, 0.25) is 5.91 Å². The summed E-state index contributed by atoms with van der Waals surface area (Å²) in [6.07, 6.45) is 14.6. The molecule has 0 spiro atoms. The molecule has 3 aliphatic carbocycles. The number of hydrogen-bond donors (Lipinski definition) is 1. The van der Waals surface area contributed by atoms with Gasteiger partial charge < -0.3 is 0 Å². The number of rotatable bonds is 1. The molecule has 1 aliphatic heterocycles. The Morgan fingerprint density at radius 1 is 1.10 bits per heavy atom. The molecular formula is C17H24N2O. The van der Waals surface area contributed by atoms with Gasteiger partial charge in [0.1, 0.15) is 0 Å². The first-order chi connectivity index (χ1) is 9.81. The summed E-state index contributed by atoms with van der Waals surface area (Å²) >= 11 is 0. The third kappa shape index (κ3) is 1.67. The molecule has 1 amide bonds. The number of amides is 1. The van der Waals surface area contributed by atoms with E-state index in [0.717, 1.165) is 24.2 Å². The van der Waals surface area contributed by atoms with Crippen molar-refractivity contribution in [1.29, 1.82) is 0 Å². The average molecular weight is 272 g/mol. The van der Waals surface area contributed by atoms with E-state index in [1.807, 2.05) is 0 Å². The molecule has 108 valence electrons. The molecule has 0 radical (unpaired) electrons. The number of terminal acetylenes is 1. The predicted molar refractivity (Wildman–Crippen MR) is 77.2 cm³/mol. The van der Waals surface area contributed by atoms with Crippen molar-refractivity contribution < 1.29 is 4.79 Å². The van der Waals surface area contributed by atoms with Crippen molar-refractivity contribution in [3.05, 3.63) is 0 Å². The first-order valence-corrected chi connectivity index (χ1v) is 8.32. The van der Waals surface area contributed by atoms with E-state index in [1.165, 1.54) is 38.5 Å². The largest absolute Gasteiger partial charge is 0.273 e. The molecule has 0 aromatic rings. The molecule has 4 aliphatic rings. The molecule has 0 aromatic heterocycles. The Labute approximate surface area is 121 Å². The van der Waals surface area contributed by atoms with Crippen LogP contribution in [0.5, 0.6) is 0 Å². The van der Waals surface area contributed by atoms with Crippen LogP contribution in [0.3, 0.4) is 0 Å². The highest BCUT2D eigenvalue weighted by atomic mass is 16.2. The first-order valence-electron chi connectivity index (χ1n) is 8.32. The average Bonchev–Trinajstić information content (AvgIpc) is 2.80. The lowest BCUT2D eigenvalue weighted by Crippen LogP contribution is -2.62. The van der Waals surface area contributed by atoms with Crippen LogP contribution < -0.4 is 5.43 Å². The smallest absolute Gasteiger partial charge is 0.241 e. The number of carbonyl (C=O) groups excluding carboxylic acids is 1. The maximum absolute atomic E-state index is 12.6. The summed E-state index contributed by atoms with van der Waals surface area (Å²) < 4.78 is 0. The highest BCUT2D eigenvalue weighted by molar-refractivity contribution is 5.80. The molecular weight excluding hydrogens is 248 g/mol. The SMILES string of the molecule is C#CCN1NC2C3CCCCC3C3CCCC(C1=O)C32. The minimum atomic E-state index is 0.249. The second-order valence-corrected chi connectivity index (χ2v) is 7.17. The zero-order chi connectivity index (χ0) is 13.7. The van der Waals surface area contributed by atoms with Crippen LogP contribution in [0.25, 0.3) is 0 Å². The van der Waals surface area contributed by atoms with Gasteiger partial charge in [-0.1, -0.05) is 25.2 Å². The fourth-order valence-electron chi connectivity index (χ4n) is 5.85. The lowest BCUT2D eigenvalue weighted by atomic mass is 9.68. The number of hydrogen-bond acceptors (Lipinski definition) is 2. The Kier molecular flexibility index (Phi) is 3.03. The Bertz CT molecular complexity index is 454. The molecule has 3 heteroatoms. The van der Waals surface area contributed by atoms with Gasteiger partial charge in [-0.05, 0) is 49.4 Å². The quantitative estimate of drug-likeness (QED) is 0.742. The van der Waals surface area contributed by atoms with Crippen LogP contribution in [-0.4, -0.2) is 23.5 Å². The van der Waals surface area contributed by atoms with Crippen LogP contribution >= 0.6 is 0 Å². The second kappa shape index (κ2) is 4.77. The van der Waals surface area contributed by atoms with Crippen LogP contribution in [0.2, 0.25) is 0 Å². The standard InChI is InChI=1S/C17H24N2O/c1-2-10-19-17(20)14-9-5-8-12-11-6-3-4-7-13(11)16(18-19)15(12)14/h1,11-16,18H,3-10H2. The third-order valence-electron chi connectivity index (χ3n) is 6.45. The third-order valence-corrected chi connectivity index (χ3v) is 6.45. The molecule has 4 rings (SSSR count). The fourth-order valence-corrected chi connectivity index (χ4v) is 5.85. The molecule has 3 saturated carbocycles. The van der Waals surface area contributed by atoms with Crippen LogP contribution in [0, 0.1) is 41.9 Å². The number of hydrazine groups is 1. The minimum Gasteiger partial charge on any atom is -0.273 e. The molecule has 1 saturated heterocycles. The highest BCUT2D eigenvalue weighted by Crippen LogP contribution is 2.57. The molecule has 6 unspecified atom stereocenters. The van der Waals surface area contributed by atoms with Gasteiger partial charge in [-0.2, -0.15) is 0 Å². The van der Waals surface area contributed by atoms with Gasteiger partial charge in [-0.25, -0.2) is 5.43 Å².